The summed E-state index contributed by atoms with van der Waals surface area (Å²) in [6, 6.07) is 6.66. The fourth-order valence-electron chi connectivity index (χ4n) is 3.16. The normalized spacial score (nSPS) is 19.1. The van der Waals surface area contributed by atoms with Gasteiger partial charge in [0, 0.05) is 11.3 Å². The Bertz CT molecular complexity index is 928. The first kappa shape index (κ1) is 19.5. The molecular formula is C20H23N4O4+. The highest BCUT2D eigenvalue weighted by Crippen LogP contribution is 2.28. The zero-order valence-electron chi connectivity index (χ0n) is 16.4. The van der Waals surface area contributed by atoms with Gasteiger partial charge in [-0.1, -0.05) is 17.7 Å². The van der Waals surface area contributed by atoms with Gasteiger partial charge >= 0.3 is 11.9 Å². The number of anilines is 1. The van der Waals surface area contributed by atoms with Gasteiger partial charge in [0.15, 0.2) is 12.5 Å². The summed E-state index contributed by atoms with van der Waals surface area (Å²) in [5, 5.41) is 2.71. The molecule has 0 aromatic heterocycles. The van der Waals surface area contributed by atoms with Gasteiger partial charge in [-0.05, 0) is 32.9 Å². The number of dihydropyridines is 1. The molecule has 2 heterocycles. The van der Waals surface area contributed by atoms with Crippen LogP contribution < -0.4 is 5.32 Å². The molecular weight excluding hydrogens is 360 g/mol. The van der Waals surface area contributed by atoms with E-state index in [0.717, 1.165) is 16.0 Å². The van der Waals surface area contributed by atoms with Crippen LogP contribution in [-0.4, -0.2) is 59.6 Å². The lowest BCUT2D eigenvalue weighted by Crippen LogP contribution is -2.56. The SMILES string of the molecule is CCOC1=C(C)C=NC2=[N+](C)C(=O)N(CC(=O)Nc3ccc(C)cc3)C(=O)C12. The molecule has 0 saturated heterocycles. The standard InChI is InChI=1S/C20H22N4O4/c1-5-28-17-13(3)10-21-18-16(17)19(26)24(20(27)23(18)4)11-15(25)22-14-8-6-12(2)7-9-14/h6-10,16H,5,11H2,1-4H3/p+1. The monoisotopic (exact) mass is 383 g/mol. The fourth-order valence-corrected chi connectivity index (χ4v) is 3.16. The van der Waals surface area contributed by atoms with Crippen LogP contribution in [0.5, 0.6) is 0 Å². The molecule has 1 N–H and O–H groups in total. The molecule has 4 amide bonds. The van der Waals surface area contributed by atoms with E-state index >= 15 is 0 Å². The van der Waals surface area contributed by atoms with Gasteiger partial charge in [0.05, 0.1) is 13.7 Å². The number of hydrogen-bond donors (Lipinski definition) is 1. The van der Waals surface area contributed by atoms with Crippen molar-refractivity contribution in [1.82, 2.24) is 4.90 Å². The molecule has 0 saturated carbocycles. The maximum absolute atomic E-state index is 13.1. The van der Waals surface area contributed by atoms with E-state index in [4.69, 9.17) is 4.74 Å². The Morgan fingerprint density at radius 3 is 2.57 bits per heavy atom. The first-order chi connectivity index (χ1) is 13.3. The molecule has 1 aromatic rings. The minimum absolute atomic E-state index is 0.305. The van der Waals surface area contributed by atoms with Crippen molar-refractivity contribution in [3.63, 3.8) is 0 Å². The van der Waals surface area contributed by atoms with E-state index in [0.29, 0.717) is 23.9 Å². The molecule has 3 rings (SSSR count). The van der Waals surface area contributed by atoms with Crippen LogP contribution in [0.3, 0.4) is 0 Å². The van der Waals surface area contributed by atoms with E-state index < -0.39 is 23.8 Å². The van der Waals surface area contributed by atoms with Crippen LogP contribution in [0, 0.1) is 12.8 Å². The molecule has 0 bridgehead atoms. The van der Waals surface area contributed by atoms with Gasteiger partial charge in [-0.3, -0.25) is 9.59 Å². The number of urea groups is 1. The van der Waals surface area contributed by atoms with Crippen LogP contribution in [0.25, 0.3) is 0 Å². The Labute approximate surface area is 163 Å². The van der Waals surface area contributed by atoms with Gasteiger partial charge in [0.1, 0.15) is 12.0 Å². The van der Waals surface area contributed by atoms with Crippen LogP contribution in [0.2, 0.25) is 0 Å². The average molecular weight is 383 g/mol. The number of nitrogens with zero attached hydrogens (tertiary/aromatic N) is 3. The van der Waals surface area contributed by atoms with E-state index in [1.54, 1.807) is 25.3 Å². The molecule has 2 aliphatic heterocycles. The number of aryl methyl sites for hydroxylation is 1. The number of benzene rings is 1. The molecule has 0 fully saturated rings. The van der Waals surface area contributed by atoms with E-state index in [2.05, 4.69) is 10.3 Å². The van der Waals surface area contributed by atoms with E-state index in [1.807, 2.05) is 26.0 Å². The van der Waals surface area contributed by atoms with Crippen molar-refractivity contribution in [2.75, 3.05) is 25.5 Å². The number of amidine groups is 1. The number of rotatable bonds is 5. The zero-order chi connectivity index (χ0) is 20.4. The van der Waals surface area contributed by atoms with E-state index in [9.17, 15) is 14.4 Å². The quantitative estimate of drug-likeness (QED) is 0.787. The Kier molecular flexibility index (Phi) is 5.39. The summed E-state index contributed by atoms with van der Waals surface area (Å²) in [4.78, 5) is 43.4. The van der Waals surface area contributed by atoms with Crippen molar-refractivity contribution >= 4 is 35.6 Å². The molecule has 1 aromatic carbocycles. The molecule has 8 heteroatoms. The third kappa shape index (κ3) is 3.58. The van der Waals surface area contributed by atoms with Crippen molar-refractivity contribution in [1.29, 1.82) is 0 Å². The molecule has 1 unspecified atom stereocenters. The molecule has 0 radical (unpaired) electrons. The van der Waals surface area contributed by atoms with Gasteiger partial charge in [0.2, 0.25) is 0 Å². The van der Waals surface area contributed by atoms with Gasteiger partial charge < -0.3 is 10.1 Å². The highest BCUT2D eigenvalue weighted by molar-refractivity contribution is 6.17. The maximum Gasteiger partial charge on any atom is 0.446 e. The van der Waals surface area contributed by atoms with Crippen LogP contribution in [0.1, 0.15) is 19.4 Å². The lowest BCUT2D eigenvalue weighted by molar-refractivity contribution is -0.408. The van der Waals surface area contributed by atoms with Gasteiger partial charge in [0.25, 0.3) is 11.7 Å². The number of carbonyl (C=O) groups excluding carboxylic acids is 3. The van der Waals surface area contributed by atoms with Crippen LogP contribution >= 0.6 is 0 Å². The van der Waals surface area contributed by atoms with Crippen molar-refractivity contribution in [3.05, 3.63) is 41.2 Å². The second-order valence-electron chi connectivity index (χ2n) is 6.71. The van der Waals surface area contributed by atoms with Crippen LogP contribution in [0.4, 0.5) is 10.5 Å². The summed E-state index contributed by atoms with van der Waals surface area (Å²) in [5.74, 6) is -1.04. The summed E-state index contributed by atoms with van der Waals surface area (Å²) in [7, 11) is 1.53. The molecule has 0 aliphatic carbocycles. The Balaban J connectivity index is 1.85. The molecule has 146 valence electrons. The zero-order valence-corrected chi connectivity index (χ0v) is 16.4. The van der Waals surface area contributed by atoms with Crippen molar-refractivity contribution in [3.8, 4) is 0 Å². The third-order valence-corrected chi connectivity index (χ3v) is 4.61. The lowest BCUT2D eigenvalue weighted by atomic mass is 9.96. The number of imide groups is 1. The summed E-state index contributed by atoms with van der Waals surface area (Å²) in [5.41, 5.74) is 2.38. The van der Waals surface area contributed by atoms with Gasteiger partial charge in [-0.15, -0.1) is 4.99 Å². The smallest absolute Gasteiger partial charge is 0.446 e. The Morgan fingerprint density at radius 2 is 1.93 bits per heavy atom. The third-order valence-electron chi connectivity index (χ3n) is 4.61. The summed E-state index contributed by atoms with van der Waals surface area (Å²) in [6.07, 6.45) is 1.58. The maximum atomic E-state index is 13.1. The highest BCUT2D eigenvalue weighted by Gasteiger charge is 2.50. The van der Waals surface area contributed by atoms with E-state index in [1.165, 1.54) is 11.6 Å². The molecule has 8 nitrogen and oxygen atoms in total. The van der Waals surface area contributed by atoms with Crippen LogP contribution in [0.15, 0.2) is 40.6 Å². The second kappa shape index (κ2) is 7.75. The van der Waals surface area contributed by atoms with Crippen LogP contribution in [-0.2, 0) is 14.3 Å². The predicted octanol–water partition coefficient (Wildman–Crippen LogP) is 1.95. The number of amides is 4. The van der Waals surface area contributed by atoms with Crippen molar-refractivity contribution in [2.24, 2.45) is 10.9 Å². The number of carbonyl (C=O) groups is 3. The van der Waals surface area contributed by atoms with E-state index in [-0.39, 0.29) is 6.54 Å². The second-order valence-corrected chi connectivity index (χ2v) is 6.71. The number of ether oxygens (including phenoxy) is 1. The Hall–Kier alpha value is -3.29. The Morgan fingerprint density at radius 1 is 1.25 bits per heavy atom. The number of hydrogen-bond acceptors (Lipinski definition) is 5. The molecule has 0 spiro atoms. The first-order valence-corrected chi connectivity index (χ1v) is 9.03. The first-order valence-electron chi connectivity index (χ1n) is 9.03. The molecule has 2 aliphatic rings. The summed E-state index contributed by atoms with van der Waals surface area (Å²) < 4.78 is 6.95. The highest BCUT2D eigenvalue weighted by atomic mass is 16.5. The minimum Gasteiger partial charge on any atom is -0.496 e. The number of nitrogens with one attached hydrogen (secondary N) is 1. The van der Waals surface area contributed by atoms with Gasteiger partial charge in [-0.25, -0.2) is 4.79 Å². The topological polar surface area (TPSA) is 91.1 Å². The number of allylic oxidation sites excluding steroid dienone is 1. The summed E-state index contributed by atoms with van der Waals surface area (Å²) in [6.45, 7) is 5.55. The summed E-state index contributed by atoms with van der Waals surface area (Å²) >= 11 is 0. The number of aliphatic imine (C=N–C) groups is 1. The fraction of sp³-hybridized carbons (Fsp3) is 0.350. The molecule has 1 atom stereocenters. The lowest BCUT2D eigenvalue weighted by Gasteiger charge is -2.29. The molecule has 28 heavy (non-hydrogen) atoms. The average Bonchev–Trinajstić information content (AvgIpc) is 2.67. The van der Waals surface area contributed by atoms with Crippen molar-refractivity contribution < 1.29 is 23.7 Å². The van der Waals surface area contributed by atoms with Crippen molar-refractivity contribution in [2.45, 2.75) is 20.8 Å². The largest absolute Gasteiger partial charge is 0.496 e. The predicted molar refractivity (Wildman–Crippen MR) is 104 cm³/mol. The minimum atomic E-state index is -0.833. The number of fused-ring (bicyclic) bond motifs is 1. The van der Waals surface area contributed by atoms with Gasteiger partial charge in [-0.2, -0.15) is 9.48 Å².